The third kappa shape index (κ3) is 3.56. The fourth-order valence-corrected chi connectivity index (χ4v) is 14.9. The molecule has 0 aliphatic rings. The van der Waals surface area contributed by atoms with Crippen molar-refractivity contribution in [3.8, 4) is 5.40 Å². The summed E-state index contributed by atoms with van der Waals surface area (Å²) in [6.07, 6.45) is 2.24. The molecule has 0 spiro atoms. The van der Waals surface area contributed by atoms with E-state index in [2.05, 4.69) is 103 Å². The van der Waals surface area contributed by atoms with Crippen molar-refractivity contribution in [2.24, 2.45) is 0 Å². The topological polar surface area (TPSA) is 23.8 Å². The van der Waals surface area contributed by atoms with Crippen molar-refractivity contribution < 1.29 is 0 Å². The van der Waals surface area contributed by atoms with Crippen molar-refractivity contribution in [1.29, 1.82) is 5.26 Å². The molecule has 0 fully saturated rings. The van der Waals surface area contributed by atoms with Gasteiger partial charge in [0.2, 0.25) is 0 Å². The number of hydrogen-bond acceptors (Lipinski definition) is 1. The Balaban J connectivity index is 2.33. The number of thiol groups is 1. The summed E-state index contributed by atoms with van der Waals surface area (Å²) < 4.78 is 0. The van der Waals surface area contributed by atoms with Crippen LogP contribution in [0.25, 0.3) is 0 Å². The number of nitriles is 1. The van der Waals surface area contributed by atoms with Crippen LogP contribution in [0.3, 0.4) is 0 Å². The van der Waals surface area contributed by atoms with Crippen LogP contribution in [-0.2, 0) is 0 Å². The molecule has 3 aromatic carbocycles. The summed E-state index contributed by atoms with van der Waals surface area (Å²) in [5.41, 5.74) is 0. The zero-order valence-electron chi connectivity index (χ0n) is 15.2. The molecule has 26 heavy (non-hydrogen) atoms. The van der Waals surface area contributed by atoms with E-state index in [1.54, 1.807) is 0 Å². The molecule has 1 nitrogen and oxygen atoms in total. The van der Waals surface area contributed by atoms with Crippen LogP contribution < -0.4 is 15.9 Å². The Morgan fingerprint density at radius 1 is 0.731 bits per heavy atom. The summed E-state index contributed by atoms with van der Waals surface area (Å²) in [7, 11) is -0.796. The molecule has 0 aromatic heterocycles. The number of benzene rings is 3. The molecule has 0 aliphatic carbocycles. The monoisotopic (exact) mass is 379 g/mol. The Morgan fingerprint density at radius 2 is 1.12 bits per heavy atom. The summed E-state index contributed by atoms with van der Waals surface area (Å²) in [5.74, 6) is 1.01. The summed E-state index contributed by atoms with van der Waals surface area (Å²) in [5, 5.41) is 17.1. The number of nitrogens with zero attached hydrogens (tertiary/aromatic N) is 1. The zero-order valence-corrected chi connectivity index (χ0v) is 17.1. The Bertz CT molecular complexity index is 747. The number of rotatable bonds is 7. The van der Waals surface area contributed by atoms with Gasteiger partial charge < -0.3 is 0 Å². The third-order valence-corrected chi connectivity index (χ3v) is 15.9. The summed E-state index contributed by atoms with van der Waals surface area (Å²) in [6.45, 7) is -0.177. The van der Waals surface area contributed by atoms with Crippen molar-refractivity contribution in [3.63, 3.8) is 0 Å². The normalized spacial score (nSPS) is 13.6. The standard InChI is InChI=1S/C23H26NPS/c1-2-3-19-26(20-24)25(21-13-7-4-8-14-21,22-15-9-5-10-16-22)23-17-11-6-12-18-23/h4-18,25-26H,2-3,19H2,1H3. The van der Waals surface area contributed by atoms with Gasteiger partial charge in [-0.3, -0.25) is 0 Å². The molecule has 0 heterocycles. The van der Waals surface area contributed by atoms with E-state index in [1.807, 2.05) is 0 Å². The molecule has 0 amide bonds. The van der Waals surface area contributed by atoms with Crippen LogP contribution >= 0.6 is 17.0 Å². The first kappa shape index (κ1) is 18.7. The van der Waals surface area contributed by atoms with Crippen LogP contribution in [0.5, 0.6) is 0 Å². The van der Waals surface area contributed by atoms with E-state index in [1.165, 1.54) is 15.9 Å². The Kier molecular flexibility index (Phi) is 6.51. The fourth-order valence-electron chi connectivity index (χ4n) is 3.61. The van der Waals surface area contributed by atoms with Crippen molar-refractivity contribution in [2.75, 3.05) is 5.75 Å². The number of thiocyanates is 1. The second kappa shape index (κ2) is 9.04. The van der Waals surface area contributed by atoms with Crippen molar-refractivity contribution in [3.05, 3.63) is 91.0 Å². The first-order valence-corrected chi connectivity index (χ1v) is 13.5. The average molecular weight is 380 g/mol. The second-order valence-electron chi connectivity index (χ2n) is 6.41. The minimum absolute atomic E-state index is 0.796. The molecular weight excluding hydrogens is 353 g/mol. The van der Waals surface area contributed by atoms with Gasteiger partial charge in [0, 0.05) is 0 Å². The van der Waals surface area contributed by atoms with Gasteiger partial charge in [-0.15, -0.1) is 0 Å². The molecule has 1 unspecified atom stereocenters. The van der Waals surface area contributed by atoms with E-state index in [0.29, 0.717) is 0 Å². The minimum atomic E-state index is -2.39. The van der Waals surface area contributed by atoms with Gasteiger partial charge in [-0.25, -0.2) is 0 Å². The zero-order chi connectivity index (χ0) is 18.2. The molecule has 0 saturated carbocycles. The van der Waals surface area contributed by atoms with E-state index in [0.717, 1.165) is 18.6 Å². The van der Waals surface area contributed by atoms with Crippen LogP contribution in [0.1, 0.15) is 19.8 Å². The summed E-state index contributed by atoms with van der Waals surface area (Å²) >= 11 is 0. The molecular formula is C23H26NPS. The Labute approximate surface area is 160 Å². The SMILES string of the molecule is CCCC[SH](C#N)[PH](c1ccccc1)(c1ccccc1)c1ccccc1. The van der Waals surface area contributed by atoms with Gasteiger partial charge in [0.05, 0.1) is 0 Å². The fraction of sp³-hybridized carbons (Fsp3) is 0.174. The predicted molar refractivity (Wildman–Crippen MR) is 121 cm³/mol. The summed E-state index contributed by atoms with van der Waals surface area (Å²) in [6, 6.07) is 32.4. The molecule has 3 aromatic rings. The maximum absolute atomic E-state index is 10.3. The number of hydrogen-bond donors (Lipinski definition) is 1. The van der Waals surface area contributed by atoms with Gasteiger partial charge in [-0.2, -0.15) is 0 Å². The van der Waals surface area contributed by atoms with Crippen LogP contribution in [-0.4, -0.2) is 5.75 Å². The molecule has 1 atom stereocenters. The van der Waals surface area contributed by atoms with E-state index < -0.39 is 17.0 Å². The van der Waals surface area contributed by atoms with Gasteiger partial charge in [0.1, 0.15) is 0 Å². The van der Waals surface area contributed by atoms with E-state index in [4.69, 9.17) is 0 Å². The first-order chi connectivity index (χ1) is 12.8. The van der Waals surface area contributed by atoms with Crippen molar-refractivity contribution >= 4 is 32.9 Å². The van der Waals surface area contributed by atoms with Gasteiger partial charge >= 0.3 is 160 Å². The van der Waals surface area contributed by atoms with Crippen LogP contribution in [0, 0.1) is 10.7 Å². The van der Waals surface area contributed by atoms with Crippen molar-refractivity contribution in [2.45, 2.75) is 19.8 Å². The van der Waals surface area contributed by atoms with Crippen LogP contribution in [0.4, 0.5) is 0 Å². The second-order valence-corrected chi connectivity index (χ2v) is 14.7. The van der Waals surface area contributed by atoms with Gasteiger partial charge in [-0.1, -0.05) is 0 Å². The van der Waals surface area contributed by atoms with Crippen LogP contribution in [0.2, 0.25) is 0 Å². The van der Waals surface area contributed by atoms with E-state index in [9.17, 15) is 5.26 Å². The van der Waals surface area contributed by atoms with Gasteiger partial charge in [-0.05, 0) is 0 Å². The first-order valence-electron chi connectivity index (χ1n) is 9.18. The molecule has 0 bridgehead atoms. The summed E-state index contributed by atoms with van der Waals surface area (Å²) in [4.78, 5) is 0. The van der Waals surface area contributed by atoms with E-state index >= 15 is 0 Å². The molecule has 134 valence electrons. The Morgan fingerprint density at radius 3 is 1.42 bits per heavy atom. The molecule has 0 N–H and O–H groups in total. The average Bonchev–Trinajstić information content (AvgIpc) is 2.73. The van der Waals surface area contributed by atoms with Gasteiger partial charge in [0.25, 0.3) is 0 Å². The molecule has 0 saturated heterocycles. The number of unbranched alkanes of at least 4 members (excludes halogenated alkanes) is 1. The van der Waals surface area contributed by atoms with Gasteiger partial charge in [0.15, 0.2) is 0 Å². The molecule has 0 radical (unpaired) electrons. The van der Waals surface area contributed by atoms with Crippen molar-refractivity contribution in [1.82, 2.24) is 0 Å². The maximum atomic E-state index is 10.3. The van der Waals surface area contributed by atoms with E-state index in [-0.39, 0.29) is 0 Å². The predicted octanol–water partition coefficient (Wildman–Crippen LogP) is 4.91. The molecule has 0 aliphatic heterocycles. The molecule has 3 rings (SSSR count). The third-order valence-electron chi connectivity index (χ3n) is 4.84. The molecule has 3 heteroatoms. The van der Waals surface area contributed by atoms with Crippen LogP contribution in [0.15, 0.2) is 91.0 Å². The quantitative estimate of drug-likeness (QED) is 0.352. The Hall–Kier alpha value is -2.07.